The van der Waals surface area contributed by atoms with Crippen molar-refractivity contribution < 1.29 is 38.7 Å². The molecule has 55 heavy (non-hydrogen) atoms. The summed E-state index contributed by atoms with van der Waals surface area (Å²) in [6.07, 6.45) is 31.9. The number of allylic oxidation sites excluding steroid dienone is 6. The number of nitrogens with zero attached hydrogens (tertiary/aromatic N) is 1. The number of hydrogen-bond acceptors (Lipinski definition) is 7. The SMILES string of the molecule is CCCCCCC/C=C/C(=O)C(C(O)(C(=O)/C=C/CCCCCCC)C(C(=O)[O-])(C(=O)/C=C/CCCCCCC)C(=O)/C=C/CCCCCCC)[N+](C)(C)C. The number of unbranched alkanes of at least 4 members (excludes halogenated alkanes) is 20. The zero-order valence-electron chi connectivity index (χ0n) is 36.0. The van der Waals surface area contributed by atoms with Crippen LogP contribution in [0.4, 0.5) is 0 Å². The lowest BCUT2D eigenvalue weighted by Gasteiger charge is -2.49. The number of hydrogen-bond donors (Lipinski definition) is 1. The lowest BCUT2D eigenvalue weighted by atomic mass is 9.59. The van der Waals surface area contributed by atoms with Gasteiger partial charge in [0.25, 0.3) is 0 Å². The first-order chi connectivity index (χ1) is 26.2. The molecule has 8 nitrogen and oxygen atoms in total. The number of carbonyl (C=O) groups excluding carboxylic acids is 5. The zero-order valence-corrected chi connectivity index (χ0v) is 36.0. The van der Waals surface area contributed by atoms with Crippen LogP contribution in [0.1, 0.15) is 182 Å². The third-order valence-corrected chi connectivity index (χ3v) is 10.4. The summed E-state index contributed by atoms with van der Waals surface area (Å²) in [6.45, 7) is 8.47. The van der Waals surface area contributed by atoms with Crippen molar-refractivity contribution in [3.05, 3.63) is 48.6 Å². The summed E-state index contributed by atoms with van der Waals surface area (Å²) in [5.41, 5.74) is -6.77. The standard InChI is InChI=1S/C47H79NO7/c1-8-12-16-20-24-28-32-36-40(49)44(48(5,6)7)47(55,43(52)39-35-31-27-23-19-15-11-4)46(45(53)54,41(50)37-33-29-25-21-17-13-9-2)42(51)38-34-30-26-22-18-14-10-3/h32-39,44,55H,8-31H2,1-7H3/b36-32+,37-33+,38-34+,39-35+. The summed E-state index contributed by atoms with van der Waals surface area (Å²) < 4.78 is -0.440. The molecule has 2 unspecified atom stereocenters. The molecule has 314 valence electrons. The lowest BCUT2D eigenvalue weighted by molar-refractivity contribution is -0.892. The van der Waals surface area contributed by atoms with Gasteiger partial charge in [0.15, 0.2) is 28.8 Å². The van der Waals surface area contributed by atoms with Gasteiger partial charge in [-0.2, -0.15) is 0 Å². The van der Waals surface area contributed by atoms with E-state index in [4.69, 9.17) is 0 Å². The Morgan fingerprint density at radius 3 is 1.07 bits per heavy atom. The molecule has 0 heterocycles. The molecule has 0 aromatic heterocycles. The fraction of sp³-hybridized carbons (Fsp3) is 0.723. The van der Waals surface area contributed by atoms with Crippen LogP contribution in [0.25, 0.3) is 0 Å². The molecule has 0 rings (SSSR count). The highest BCUT2D eigenvalue weighted by atomic mass is 16.4. The first kappa shape index (κ1) is 52.0. The van der Waals surface area contributed by atoms with Crippen molar-refractivity contribution in [1.29, 1.82) is 0 Å². The van der Waals surface area contributed by atoms with E-state index in [1.165, 1.54) is 24.3 Å². The second-order valence-electron chi connectivity index (χ2n) is 16.2. The number of carboxylic acids is 1. The number of ketones is 4. The average molecular weight is 770 g/mol. The van der Waals surface area contributed by atoms with Gasteiger partial charge in [-0.15, -0.1) is 0 Å². The second-order valence-corrected chi connectivity index (χ2v) is 16.2. The zero-order chi connectivity index (χ0) is 41.6. The molecule has 0 radical (unpaired) electrons. The highest BCUT2D eigenvalue weighted by Crippen LogP contribution is 2.42. The third-order valence-electron chi connectivity index (χ3n) is 10.4. The quantitative estimate of drug-likeness (QED) is 0.0291. The minimum absolute atomic E-state index is 0.434. The fourth-order valence-corrected chi connectivity index (χ4v) is 7.23. The van der Waals surface area contributed by atoms with Crippen molar-refractivity contribution in [2.24, 2.45) is 5.41 Å². The Morgan fingerprint density at radius 1 is 0.491 bits per heavy atom. The van der Waals surface area contributed by atoms with Crippen LogP contribution in [-0.4, -0.2) is 71.5 Å². The molecule has 8 heteroatoms. The Bertz CT molecular complexity index is 1200. The van der Waals surface area contributed by atoms with E-state index in [1.54, 1.807) is 27.2 Å². The van der Waals surface area contributed by atoms with Crippen molar-refractivity contribution in [1.82, 2.24) is 0 Å². The van der Waals surface area contributed by atoms with Gasteiger partial charge < -0.3 is 19.5 Å². The van der Waals surface area contributed by atoms with Gasteiger partial charge in [0.2, 0.25) is 11.4 Å². The van der Waals surface area contributed by atoms with E-state index in [-0.39, 0.29) is 0 Å². The van der Waals surface area contributed by atoms with E-state index in [1.807, 2.05) is 0 Å². The first-order valence-electron chi connectivity index (χ1n) is 21.8. The highest BCUT2D eigenvalue weighted by Gasteiger charge is 2.71. The maximum absolute atomic E-state index is 14.6. The van der Waals surface area contributed by atoms with Crippen molar-refractivity contribution in [2.45, 2.75) is 193 Å². The summed E-state index contributed by atoms with van der Waals surface area (Å²) >= 11 is 0. The van der Waals surface area contributed by atoms with E-state index < -0.39 is 50.6 Å². The maximum atomic E-state index is 14.6. The van der Waals surface area contributed by atoms with Crippen molar-refractivity contribution in [2.75, 3.05) is 21.1 Å². The number of carboxylic acid groups (broad SMARTS) is 1. The highest BCUT2D eigenvalue weighted by molar-refractivity contribution is 6.32. The summed E-state index contributed by atoms with van der Waals surface area (Å²) in [5, 5.41) is 26.7. The summed E-state index contributed by atoms with van der Waals surface area (Å²) in [6, 6.07) is -1.85. The van der Waals surface area contributed by atoms with E-state index in [0.29, 0.717) is 25.7 Å². The van der Waals surface area contributed by atoms with Crippen molar-refractivity contribution >= 4 is 29.1 Å². The van der Waals surface area contributed by atoms with Crippen LogP contribution in [0.15, 0.2) is 48.6 Å². The molecule has 0 fully saturated rings. The van der Waals surface area contributed by atoms with E-state index in [0.717, 1.165) is 147 Å². The number of likely N-dealkylation sites (N-methyl/N-ethyl adjacent to an activating group) is 1. The van der Waals surface area contributed by atoms with Crippen LogP contribution in [-0.2, 0) is 24.0 Å². The topological polar surface area (TPSA) is 129 Å². The predicted molar refractivity (Wildman–Crippen MR) is 224 cm³/mol. The summed E-state index contributed by atoms with van der Waals surface area (Å²) in [7, 11) is 4.64. The molecule has 0 saturated heterocycles. The van der Waals surface area contributed by atoms with Gasteiger partial charge in [0, 0.05) is 0 Å². The van der Waals surface area contributed by atoms with Gasteiger partial charge >= 0.3 is 0 Å². The lowest BCUT2D eigenvalue weighted by Crippen LogP contribution is -2.78. The largest absolute Gasteiger partial charge is 0.548 e. The van der Waals surface area contributed by atoms with Gasteiger partial charge in [0.05, 0.1) is 27.1 Å². The third kappa shape index (κ3) is 18.2. The average Bonchev–Trinajstić information content (AvgIpc) is 3.12. The van der Waals surface area contributed by atoms with Gasteiger partial charge in [0.1, 0.15) is 0 Å². The van der Waals surface area contributed by atoms with Crippen molar-refractivity contribution in [3.63, 3.8) is 0 Å². The van der Waals surface area contributed by atoms with Crippen LogP contribution in [0, 0.1) is 5.41 Å². The van der Waals surface area contributed by atoms with Crippen LogP contribution in [0.5, 0.6) is 0 Å². The fourth-order valence-electron chi connectivity index (χ4n) is 7.23. The molecule has 0 aromatic carbocycles. The Kier molecular flexibility index (Phi) is 28.6. The molecule has 0 aromatic rings. The Hall–Kier alpha value is -2.97. The Labute approximate surface area is 335 Å². The number of aliphatic hydroxyl groups is 1. The Morgan fingerprint density at radius 2 is 0.782 bits per heavy atom. The molecular weight excluding hydrogens is 691 g/mol. The smallest absolute Gasteiger partial charge is 0.216 e. The van der Waals surface area contributed by atoms with Crippen LogP contribution in [0.2, 0.25) is 0 Å². The molecule has 0 saturated carbocycles. The molecule has 0 bridgehead atoms. The number of quaternary nitrogens is 1. The normalized spacial score (nSPS) is 14.3. The number of rotatable bonds is 36. The van der Waals surface area contributed by atoms with Gasteiger partial charge in [-0.1, -0.05) is 155 Å². The number of aliphatic carboxylic acids is 1. The molecule has 0 amide bonds. The molecule has 2 atom stereocenters. The van der Waals surface area contributed by atoms with Crippen LogP contribution >= 0.6 is 0 Å². The van der Waals surface area contributed by atoms with E-state index >= 15 is 0 Å². The Balaban J connectivity index is 7.46. The predicted octanol–water partition coefficient (Wildman–Crippen LogP) is 9.47. The van der Waals surface area contributed by atoms with Gasteiger partial charge in [-0.05, 0) is 75.7 Å². The molecule has 0 spiro atoms. The minimum Gasteiger partial charge on any atom is -0.548 e. The second kappa shape index (κ2) is 30.2. The maximum Gasteiger partial charge on any atom is 0.216 e. The summed E-state index contributed by atoms with van der Waals surface area (Å²) in [5.74, 6) is -6.72. The molecule has 1 N–H and O–H groups in total. The molecule has 0 aliphatic carbocycles. The molecular formula is C47H79NO7. The first-order valence-corrected chi connectivity index (χ1v) is 21.8. The van der Waals surface area contributed by atoms with Crippen molar-refractivity contribution in [3.8, 4) is 0 Å². The van der Waals surface area contributed by atoms with E-state index in [2.05, 4.69) is 27.7 Å². The van der Waals surface area contributed by atoms with Gasteiger partial charge in [-0.3, -0.25) is 19.2 Å². The minimum atomic E-state index is -3.44. The summed E-state index contributed by atoms with van der Waals surface area (Å²) in [4.78, 5) is 71.7. The monoisotopic (exact) mass is 770 g/mol. The van der Waals surface area contributed by atoms with Crippen LogP contribution in [0.3, 0.4) is 0 Å². The molecule has 0 aliphatic rings. The molecule has 0 aliphatic heterocycles. The van der Waals surface area contributed by atoms with E-state index in [9.17, 15) is 34.2 Å². The number of carbonyl (C=O) groups is 5. The van der Waals surface area contributed by atoms with Gasteiger partial charge in [-0.25, -0.2) is 0 Å². The van der Waals surface area contributed by atoms with Crippen LogP contribution < -0.4 is 5.11 Å².